The van der Waals surface area contributed by atoms with Crippen molar-refractivity contribution in [2.75, 3.05) is 6.61 Å². The number of hydrogen-bond acceptors (Lipinski definition) is 2. The summed E-state index contributed by atoms with van der Waals surface area (Å²) in [5.41, 5.74) is 1.28. The number of benzene rings is 1. The van der Waals surface area contributed by atoms with Gasteiger partial charge in [-0.3, -0.25) is 0 Å². The summed E-state index contributed by atoms with van der Waals surface area (Å²) < 4.78 is 0. The zero-order chi connectivity index (χ0) is 9.26. The van der Waals surface area contributed by atoms with Gasteiger partial charge in [0.2, 0.25) is 0 Å². The number of aliphatic hydroxyl groups is 2. The van der Waals surface area contributed by atoms with Crippen LogP contribution in [0.25, 0.3) is 0 Å². The molecule has 1 aliphatic carbocycles. The zero-order valence-corrected chi connectivity index (χ0v) is 7.43. The highest BCUT2D eigenvalue weighted by Gasteiger charge is 2.42. The third-order valence-corrected chi connectivity index (χ3v) is 2.75. The minimum Gasteiger partial charge on any atom is -0.394 e. The summed E-state index contributed by atoms with van der Waals surface area (Å²) >= 11 is 0. The summed E-state index contributed by atoms with van der Waals surface area (Å²) in [4.78, 5) is 0. The molecule has 0 saturated heterocycles. The van der Waals surface area contributed by atoms with Gasteiger partial charge in [0.1, 0.15) is 0 Å². The van der Waals surface area contributed by atoms with E-state index >= 15 is 0 Å². The van der Waals surface area contributed by atoms with E-state index in [9.17, 15) is 5.11 Å². The van der Waals surface area contributed by atoms with Gasteiger partial charge < -0.3 is 10.2 Å². The van der Waals surface area contributed by atoms with E-state index in [0.29, 0.717) is 5.92 Å². The first kappa shape index (κ1) is 8.73. The molecule has 1 aromatic carbocycles. The minimum atomic E-state index is -0.537. The van der Waals surface area contributed by atoms with Crippen molar-refractivity contribution in [2.24, 2.45) is 5.92 Å². The standard InChI is InChI=1S/C11H14O2/c12-7-11(13)10-6-9(10)8-4-2-1-3-5-8/h1-5,9-13H,6-7H2. The molecule has 3 unspecified atom stereocenters. The van der Waals surface area contributed by atoms with Crippen LogP contribution in [-0.4, -0.2) is 22.9 Å². The summed E-state index contributed by atoms with van der Waals surface area (Å²) in [5.74, 6) is 0.732. The first-order chi connectivity index (χ1) is 6.33. The van der Waals surface area contributed by atoms with Gasteiger partial charge in [-0.05, 0) is 23.8 Å². The van der Waals surface area contributed by atoms with E-state index in [1.165, 1.54) is 5.56 Å². The number of hydrogen-bond donors (Lipinski definition) is 2. The number of aliphatic hydroxyl groups excluding tert-OH is 2. The van der Waals surface area contributed by atoms with E-state index in [0.717, 1.165) is 6.42 Å². The molecule has 1 saturated carbocycles. The van der Waals surface area contributed by atoms with Crippen molar-refractivity contribution in [1.82, 2.24) is 0 Å². The molecule has 1 fully saturated rings. The monoisotopic (exact) mass is 178 g/mol. The molecule has 13 heavy (non-hydrogen) atoms. The van der Waals surface area contributed by atoms with Gasteiger partial charge in [0, 0.05) is 0 Å². The Morgan fingerprint density at radius 1 is 1.31 bits per heavy atom. The molecule has 2 heteroatoms. The summed E-state index contributed by atoms with van der Waals surface area (Å²) in [6.07, 6.45) is 0.469. The molecule has 0 aliphatic heterocycles. The van der Waals surface area contributed by atoms with Crippen LogP contribution in [0.5, 0.6) is 0 Å². The molecule has 0 aromatic heterocycles. The summed E-state index contributed by atoms with van der Waals surface area (Å²) in [6.45, 7) is -0.117. The molecule has 1 aromatic rings. The molecule has 2 N–H and O–H groups in total. The van der Waals surface area contributed by atoms with Gasteiger partial charge >= 0.3 is 0 Å². The normalized spacial score (nSPS) is 28.5. The first-order valence-corrected chi connectivity index (χ1v) is 4.67. The zero-order valence-electron chi connectivity index (χ0n) is 7.43. The van der Waals surface area contributed by atoms with Crippen molar-refractivity contribution >= 4 is 0 Å². The second-order valence-corrected chi connectivity index (χ2v) is 3.67. The third-order valence-electron chi connectivity index (χ3n) is 2.75. The predicted molar refractivity (Wildman–Crippen MR) is 50.4 cm³/mol. The van der Waals surface area contributed by atoms with Crippen molar-refractivity contribution in [2.45, 2.75) is 18.4 Å². The van der Waals surface area contributed by atoms with E-state index < -0.39 is 6.10 Å². The highest BCUT2D eigenvalue weighted by Crippen LogP contribution is 2.49. The quantitative estimate of drug-likeness (QED) is 0.728. The maximum Gasteiger partial charge on any atom is 0.0805 e. The molecule has 3 atom stereocenters. The second kappa shape index (κ2) is 3.48. The highest BCUT2D eigenvalue weighted by molar-refractivity contribution is 5.26. The van der Waals surface area contributed by atoms with Gasteiger partial charge in [-0.2, -0.15) is 0 Å². The SMILES string of the molecule is OCC(O)C1CC1c1ccccc1. The van der Waals surface area contributed by atoms with Crippen molar-refractivity contribution < 1.29 is 10.2 Å². The van der Waals surface area contributed by atoms with Crippen LogP contribution >= 0.6 is 0 Å². The van der Waals surface area contributed by atoms with Gasteiger partial charge in [-0.15, -0.1) is 0 Å². The molecule has 2 rings (SSSR count). The summed E-state index contributed by atoms with van der Waals surface area (Å²) in [7, 11) is 0. The van der Waals surface area contributed by atoms with Crippen LogP contribution in [0.15, 0.2) is 30.3 Å². The van der Waals surface area contributed by atoms with Crippen molar-refractivity contribution in [3.63, 3.8) is 0 Å². The van der Waals surface area contributed by atoms with E-state index in [1.54, 1.807) is 0 Å². The molecular formula is C11H14O2. The number of rotatable bonds is 3. The molecule has 2 nitrogen and oxygen atoms in total. The average Bonchev–Trinajstić information content (AvgIpc) is 2.98. The Kier molecular flexibility index (Phi) is 2.34. The largest absolute Gasteiger partial charge is 0.394 e. The Morgan fingerprint density at radius 2 is 2.00 bits per heavy atom. The predicted octanol–water partition coefficient (Wildman–Crippen LogP) is 1.14. The fourth-order valence-electron chi connectivity index (χ4n) is 1.86. The Bertz CT molecular complexity index is 271. The van der Waals surface area contributed by atoms with E-state index in [-0.39, 0.29) is 12.5 Å². The molecule has 0 amide bonds. The topological polar surface area (TPSA) is 40.5 Å². The summed E-state index contributed by atoms with van der Waals surface area (Å²) in [5, 5.41) is 18.1. The van der Waals surface area contributed by atoms with Gasteiger partial charge in [0.25, 0.3) is 0 Å². The molecule has 1 aliphatic rings. The summed E-state index contributed by atoms with van der Waals surface area (Å²) in [6, 6.07) is 10.2. The van der Waals surface area contributed by atoms with Crippen LogP contribution in [0.2, 0.25) is 0 Å². The molecule has 0 heterocycles. The van der Waals surface area contributed by atoms with E-state index in [2.05, 4.69) is 12.1 Å². The van der Waals surface area contributed by atoms with Crippen LogP contribution in [0.3, 0.4) is 0 Å². The Balaban J connectivity index is 2.00. The van der Waals surface area contributed by atoms with E-state index in [1.807, 2.05) is 18.2 Å². The van der Waals surface area contributed by atoms with Gasteiger partial charge in [-0.1, -0.05) is 30.3 Å². The van der Waals surface area contributed by atoms with Crippen molar-refractivity contribution in [3.05, 3.63) is 35.9 Å². The van der Waals surface area contributed by atoms with Crippen molar-refractivity contribution in [1.29, 1.82) is 0 Å². The molecule has 70 valence electrons. The minimum absolute atomic E-state index is 0.117. The maximum absolute atomic E-state index is 9.38. The molecule has 0 bridgehead atoms. The maximum atomic E-state index is 9.38. The lowest BCUT2D eigenvalue weighted by Gasteiger charge is -2.05. The van der Waals surface area contributed by atoms with Crippen molar-refractivity contribution in [3.8, 4) is 0 Å². The Labute approximate surface area is 77.8 Å². The van der Waals surface area contributed by atoms with Crippen LogP contribution in [0.4, 0.5) is 0 Å². The van der Waals surface area contributed by atoms with Crippen LogP contribution in [0.1, 0.15) is 17.9 Å². The fraction of sp³-hybridized carbons (Fsp3) is 0.455. The molecule has 0 radical (unpaired) electrons. The second-order valence-electron chi connectivity index (χ2n) is 3.67. The molecule has 0 spiro atoms. The lowest BCUT2D eigenvalue weighted by atomic mass is 10.1. The Hall–Kier alpha value is -0.860. The lowest BCUT2D eigenvalue weighted by molar-refractivity contribution is 0.0764. The van der Waals surface area contributed by atoms with Crippen LogP contribution in [0, 0.1) is 5.92 Å². The van der Waals surface area contributed by atoms with Gasteiger partial charge in [-0.25, -0.2) is 0 Å². The fourth-order valence-corrected chi connectivity index (χ4v) is 1.86. The van der Waals surface area contributed by atoms with Crippen LogP contribution in [-0.2, 0) is 0 Å². The molecular weight excluding hydrogens is 164 g/mol. The third kappa shape index (κ3) is 1.74. The van der Waals surface area contributed by atoms with E-state index in [4.69, 9.17) is 5.11 Å². The highest BCUT2D eigenvalue weighted by atomic mass is 16.3. The Morgan fingerprint density at radius 3 is 2.62 bits per heavy atom. The van der Waals surface area contributed by atoms with Crippen LogP contribution < -0.4 is 0 Å². The smallest absolute Gasteiger partial charge is 0.0805 e. The average molecular weight is 178 g/mol. The van der Waals surface area contributed by atoms with Gasteiger partial charge in [0.15, 0.2) is 0 Å². The lowest BCUT2D eigenvalue weighted by Crippen LogP contribution is -2.15. The van der Waals surface area contributed by atoms with Gasteiger partial charge in [0.05, 0.1) is 12.7 Å². The first-order valence-electron chi connectivity index (χ1n) is 4.67.